The molecule has 0 aromatic rings. The maximum Gasteiger partial charge on any atom is 0.233 e. The van der Waals surface area contributed by atoms with Crippen LogP contribution in [0.15, 0.2) is 0 Å². The molecule has 3 nitrogen and oxygen atoms in total. The number of carbonyl (C=O) groups excluding carboxylic acids is 1. The van der Waals surface area contributed by atoms with Crippen molar-refractivity contribution < 1.29 is 4.79 Å². The molecule has 1 aliphatic carbocycles. The lowest BCUT2D eigenvalue weighted by molar-refractivity contribution is -0.120. The van der Waals surface area contributed by atoms with Gasteiger partial charge in [-0.2, -0.15) is 0 Å². The van der Waals surface area contributed by atoms with Crippen molar-refractivity contribution in [3.63, 3.8) is 0 Å². The summed E-state index contributed by atoms with van der Waals surface area (Å²) in [5.41, 5.74) is 0. The number of halogens is 1. The molecule has 2 fully saturated rings. The van der Waals surface area contributed by atoms with Gasteiger partial charge in [0, 0.05) is 19.1 Å². The van der Waals surface area contributed by atoms with Crippen molar-refractivity contribution in [1.82, 2.24) is 10.2 Å². The lowest BCUT2D eigenvalue weighted by Gasteiger charge is -2.15. The number of nitrogens with zero attached hydrogens (tertiary/aromatic N) is 1. The molecule has 92 valence electrons. The lowest BCUT2D eigenvalue weighted by Crippen LogP contribution is -2.35. The first-order valence-electron chi connectivity index (χ1n) is 6.36. The van der Waals surface area contributed by atoms with E-state index in [1.165, 1.54) is 32.4 Å². The van der Waals surface area contributed by atoms with Gasteiger partial charge in [0.25, 0.3) is 0 Å². The molecule has 4 heteroatoms. The van der Waals surface area contributed by atoms with Crippen LogP contribution in [0.2, 0.25) is 0 Å². The quantitative estimate of drug-likeness (QED) is 0.782. The van der Waals surface area contributed by atoms with Gasteiger partial charge in [0.2, 0.25) is 5.91 Å². The highest BCUT2D eigenvalue weighted by Crippen LogP contribution is 2.31. The normalized spacial score (nSPS) is 28.0. The van der Waals surface area contributed by atoms with Crippen molar-refractivity contribution in [2.24, 2.45) is 5.92 Å². The Kier molecular flexibility index (Phi) is 4.25. The molecule has 1 amide bonds. The number of rotatable bonds is 5. The summed E-state index contributed by atoms with van der Waals surface area (Å²) in [4.78, 5) is 14.2. The van der Waals surface area contributed by atoms with Gasteiger partial charge in [0.15, 0.2) is 0 Å². The van der Waals surface area contributed by atoms with Crippen molar-refractivity contribution >= 4 is 21.8 Å². The second kappa shape index (κ2) is 5.50. The number of alkyl halides is 1. The Balaban J connectivity index is 1.65. The second-order valence-corrected chi connectivity index (χ2v) is 6.11. The van der Waals surface area contributed by atoms with E-state index in [4.69, 9.17) is 0 Å². The monoisotopic (exact) mass is 288 g/mol. The fourth-order valence-corrected chi connectivity index (χ4v) is 2.50. The Morgan fingerprint density at radius 3 is 2.88 bits per heavy atom. The highest BCUT2D eigenvalue weighted by molar-refractivity contribution is 9.10. The zero-order valence-corrected chi connectivity index (χ0v) is 11.5. The zero-order chi connectivity index (χ0) is 11.5. The van der Waals surface area contributed by atoms with Crippen LogP contribution in [0.25, 0.3) is 0 Å². The molecule has 0 aromatic heterocycles. The molecule has 2 rings (SSSR count). The number of nitrogens with one attached hydrogen (secondary N) is 1. The number of amides is 1. The molecular formula is C12H21BrN2O. The van der Waals surface area contributed by atoms with Gasteiger partial charge in [0.05, 0.1) is 4.83 Å². The predicted molar refractivity (Wildman–Crippen MR) is 68.7 cm³/mol. The Bertz CT molecular complexity index is 255. The van der Waals surface area contributed by atoms with Crippen LogP contribution in [0.1, 0.15) is 32.6 Å². The van der Waals surface area contributed by atoms with Crippen LogP contribution in [-0.2, 0) is 4.79 Å². The first kappa shape index (κ1) is 12.4. The van der Waals surface area contributed by atoms with Gasteiger partial charge < -0.3 is 10.2 Å². The lowest BCUT2D eigenvalue weighted by atomic mass is 10.1. The van der Waals surface area contributed by atoms with Crippen molar-refractivity contribution in [2.45, 2.75) is 43.5 Å². The van der Waals surface area contributed by atoms with Crippen molar-refractivity contribution in [3.8, 4) is 0 Å². The van der Waals surface area contributed by atoms with E-state index in [0.29, 0.717) is 5.92 Å². The van der Waals surface area contributed by atoms with Crippen molar-refractivity contribution in [2.75, 3.05) is 19.6 Å². The van der Waals surface area contributed by atoms with E-state index in [9.17, 15) is 4.79 Å². The topological polar surface area (TPSA) is 32.3 Å². The van der Waals surface area contributed by atoms with Crippen LogP contribution in [0.3, 0.4) is 0 Å². The summed E-state index contributed by atoms with van der Waals surface area (Å²) in [6.07, 6.45) is 4.87. The smallest absolute Gasteiger partial charge is 0.233 e. The Labute approximate surface area is 106 Å². The average molecular weight is 289 g/mol. The third kappa shape index (κ3) is 3.20. The molecular weight excluding hydrogens is 268 g/mol. The highest BCUT2D eigenvalue weighted by atomic mass is 79.9. The Morgan fingerprint density at radius 2 is 2.25 bits per heavy atom. The third-order valence-corrected chi connectivity index (χ3v) is 4.65. The number of hydrogen-bond donors (Lipinski definition) is 1. The molecule has 0 radical (unpaired) electrons. The second-order valence-electron chi connectivity index (χ2n) is 5.00. The molecule has 1 N–H and O–H groups in total. The maximum atomic E-state index is 11.6. The van der Waals surface area contributed by atoms with Crippen LogP contribution >= 0.6 is 15.9 Å². The average Bonchev–Trinajstić information content (AvgIpc) is 3.05. The van der Waals surface area contributed by atoms with Gasteiger partial charge in [-0.05, 0) is 38.1 Å². The highest BCUT2D eigenvalue weighted by Gasteiger charge is 2.34. The maximum absolute atomic E-state index is 11.6. The van der Waals surface area contributed by atoms with E-state index in [-0.39, 0.29) is 10.7 Å². The van der Waals surface area contributed by atoms with Crippen molar-refractivity contribution in [3.05, 3.63) is 0 Å². The summed E-state index contributed by atoms with van der Waals surface area (Å²) in [6.45, 7) is 5.29. The first-order valence-corrected chi connectivity index (χ1v) is 7.28. The van der Waals surface area contributed by atoms with E-state index in [0.717, 1.165) is 19.0 Å². The summed E-state index contributed by atoms with van der Waals surface area (Å²) in [7, 11) is 0. The van der Waals surface area contributed by atoms with E-state index in [1.807, 2.05) is 6.92 Å². The van der Waals surface area contributed by atoms with E-state index in [1.54, 1.807) is 0 Å². The molecule has 1 saturated carbocycles. The molecule has 0 bridgehead atoms. The van der Waals surface area contributed by atoms with Crippen LogP contribution in [0, 0.1) is 5.92 Å². The van der Waals surface area contributed by atoms with Gasteiger partial charge in [-0.15, -0.1) is 0 Å². The molecule has 2 unspecified atom stereocenters. The van der Waals surface area contributed by atoms with Crippen LogP contribution < -0.4 is 5.32 Å². The minimum absolute atomic E-state index is 0.0200. The summed E-state index contributed by atoms with van der Waals surface area (Å²) in [6, 6.07) is 0.875. The first-order chi connectivity index (χ1) is 7.70. The van der Waals surface area contributed by atoms with Gasteiger partial charge in [0.1, 0.15) is 0 Å². The largest absolute Gasteiger partial charge is 0.355 e. The fraction of sp³-hybridized carbons (Fsp3) is 0.917. The molecule has 1 saturated heterocycles. The molecule has 0 aromatic carbocycles. The molecule has 1 aliphatic heterocycles. The molecule has 1 heterocycles. The summed E-state index contributed by atoms with van der Waals surface area (Å²) >= 11 is 3.37. The predicted octanol–water partition coefficient (Wildman–Crippen LogP) is 1.76. The number of likely N-dealkylation sites (tertiary alicyclic amines) is 1. The Morgan fingerprint density at radius 1 is 1.50 bits per heavy atom. The minimum atomic E-state index is -0.0200. The van der Waals surface area contributed by atoms with E-state index in [2.05, 4.69) is 26.1 Å². The van der Waals surface area contributed by atoms with Crippen LogP contribution in [-0.4, -0.2) is 41.3 Å². The summed E-state index contributed by atoms with van der Waals surface area (Å²) in [5.74, 6) is 0.813. The molecule has 2 atom stereocenters. The number of carbonyl (C=O) groups is 1. The van der Waals surface area contributed by atoms with Crippen LogP contribution in [0.4, 0.5) is 0 Å². The van der Waals surface area contributed by atoms with Gasteiger partial charge >= 0.3 is 0 Å². The standard InChI is InChI=1S/C12H21BrN2O/c1-2-11(13)12(16)14-7-9-5-6-15(8-9)10-3-4-10/h9-11H,2-8H2,1H3,(H,14,16). The van der Waals surface area contributed by atoms with Gasteiger partial charge in [-0.1, -0.05) is 22.9 Å². The van der Waals surface area contributed by atoms with Crippen LogP contribution in [0.5, 0.6) is 0 Å². The third-order valence-electron chi connectivity index (χ3n) is 3.59. The molecule has 2 aliphatic rings. The molecule has 0 spiro atoms. The molecule has 16 heavy (non-hydrogen) atoms. The zero-order valence-electron chi connectivity index (χ0n) is 9.92. The number of hydrogen-bond acceptors (Lipinski definition) is 2. The minimum Gasteiger partial charge on any atom is -0.355 e. The van der Waals surface area contributed by atoms with E-state index >= 15 is 0 Å². The fourth-order valence-electron chi connectivity index (χ4n) is 2.34. The van der Waals surface area contributed by atoms with Crippen molar-refractivity contribution in [1.29, 1.82) is 0 Å². The SMILES string of the molecule is CCC(Br)C(=O)NCC1CCN(C2CC2)C1. The Hall–Kier alpha value is -0.0900. The summed E-state index contributed by atoms with van der Waals surface area (Å²) in [5, 5.41) is 3.04. The summed E-state index contributed by atoms with van der Waals surface area (Å²) < 4.78 is 0. The van der Waals surface area contributed by atoms with Gasteiger partial charge in [-0.25, -0.2) is 0 Å². The van der Waals surface area contributed by atoms with E-state index < -0.39 is 0 Å². The van der Waals surface area contributed by atoms with Gasteiger partial charge in [-0.3, -0.25) is 4.79 Å².